The maximum Gasteiger partial charge on any atom is 0.379 e. The first-order chi connectivity index (χ1) is 10.6. The first-order valence-corrected chi connectivity index (χ1v) is 6.81. The van der Waals surface area contributed by atoms with Crippen molar-refractivity contribution in [2.45, 2.75) is 12.8 Å². The van der Waals surface area contributed by atoms with Gasteiger partial charge in [-0.25, -0.2) is 4.79 Å². The third kappa shape index (κ3) is 2.85. The molecule has 0 aromatic heterocycles. The normalized spacial score (nSPS) is 16.3. The molecule has 1 aliphatic heterocycles. The summed E-state index contributed by atoms with van der Waals surface area (Å²) < 4.78 is 9.86. The Balaban J connectivity index is 2.47. The lowest BCUT2D eigenvalue weighted by Gasteiger charge is -2.30. The Morgan fingerprint density at radius 1 is 1.36 bits per heavy atom. The van der Waals surface area contributed by atoms with E-state index in [9.17, 15) is 14.9 Å². The quantitative estimate of drug-likeness (QED) is 0.608. The van der Waals surface area contributed by atoms with Crippen LogP contribution in [0.15, 0.2) is 36.0 Å². The van der Waals surface area contributed by atoms with Gasteiger partial charge in [-0.05, 0) is 18.6 Å². The number of ketones is 1. The molecule has 0 saturated carbocycles. The molecule has 6 nitrogen and oxygen atoms in total. The summed E-state index contributed by atoms with van der Waals surface area (Å²) in [4.78, 5) is 25.7. The molecule has 114 valence electrons. The summed E-state index contributed by atoms with van der Waals surface area (Å²) in [6.07, 6.45) is 1.49. The van der Waals surface area contributed by atoms with Gasteiger partial charge in [-0.1, -0.05) is 18.2 Å². The number of benzene rings is 1. The zero-order valence-corrected chi connectivity index (χ0v) is 12.4. The predicted octanol–water partition coefficient (Wildman–Crippen LogP) is 1.73. The highest BCUT2D eigenvalue weighted by molar-refractivity contribution is 6.41. The second-order valence-corrected chi connectivity index (χ2v) is 4.64. The molecule has 1 aliphatic rings. The molecule has 1 heterocycles. The third-order valence-electron chi connectivity index (χ3n) is 3.28. The van der Waals surface area contributed by atoms with Crippen LogP contribution in [0.3, 0.4) is 0 Å². The van der Waals surface area contributed by atoms with E-state index in [1.54, 1.807) is 24.0 Å². The largest absolute Gasteiger partial charge is 0.460 e. The Kier molecular flexibility index (Phi) is 4.92. The smallest absolute Gasteiger partial charge is 0.379 e. The fraction of sp³-hybridized carbons (Fsp3) is 0.312. The van der Waals surface area contributed by atoms with Crippen LogP contribution in [0.25, 0.3) is 0 Å². The minimum absolute atomic E-state index is 0.0942. The summed E-state index contributed by atoms with van der Waals surface area (Å²) in [5.41, 5.74) is 1.53. The van der Waals surface area contributed by atoms with Gasteiger partial charge in [0, 0.05) is 24.6 Å². The lowest BCUT2D eigenvalue weighted by molar-refractivity contribution is -0.151. The van der Waals surface area contributed by atoms with Gasteiger partial charge in [0.15, 0.2) is 0 Å². The Morgan fingerprint density at radius 3 is 2.73 bits per heavy atom. The fourth-order valence-electron chi connectivity index (χ4n) is 2.36. The van der Waals surface area contributed by atoms with Gasteiger partial charge in [0.25, 0.3) is 5.78 Å². The number of rotatable bonds is 5. The highest BCUT2D eigenvalue weighted by Gasteiger charge is 2.34. The maximum atomic E-state index is 12.3. The number of anilines is 1. The van der Waals surface area contributed by atoms with Crippen molar-refractivity contribution < 1.29 is 19.1 Å². The molecule has 0 saturated heterocycles. The Morgan fingerprint density at radius 2 is 2.09 bits per heavy atom. The lowest BCUT2D eigenvalue weighted by Crippen LogP contribution is -2.31. The fourth-order valence-corrected chi connectivity index (χ4v) is 2.36. The number of para-hydroxylation sites is 1. The van der Waals surface area contributed by atoms with Crippen LogP contribution in [0.5, 0.6) is 0 Å². The van der Waals surface area contributed by atoms with Crippen molar-refractivity contribution in [1.82, 2.24) is 0 Å². The molecule has 1 aromatic rings. The summed E-state index contributed by atoms with van der Waals surface area (Å²) in [5.74, 6) is -2.56. The maximum absolute atomic E-state index is 12.3. The van der Waals surface area contributed by atoms with Gasteiger partial charge in [-0.2, -0.15) is 5.26 Å². The Hall–Kier alpha value is -2.65. The van der Waals surface area contributed by atoms with E-state index in [-0.39, 0.29) is 18.9 Å². The first-order valence-electron chi connectivity index (χ1n) is 6.81. The number of methoxy groups -OCH3 is 1. The van der Waals surface area contributed by atoms with E-state index in [0.29, 0.717) is 5.56 Å². The molecule has 0 fully saturated rings. The molecule has 0 aliphatic carbocycles. The van der Waals surface area contributed by atoms with E-state index < -0.39 is 17.7 Å². The Bertz CT molecular complexity index is 660. The van der Waals surface area contributed by atoms with Gasteiger partial charge < -0.3 is 14.4 Å². The van der Waals surface area contributed by atoms with Crippen molar-refractivity contribution in [3.8, 4) is 6.07 Å². The zero-order valence-electron chi connectivity index (χ0n) is 12.4. The van der Waals surface area contributed by atoms with Crippen molar-refractivity contribution in [3.63, 3.8) is 0 Å². The van der Waals surface area contributed by atoms with Crippen LogP contribution in [-0.4, -0.2) is 32.2 Å². The number of Topliss-reactive ketones (excluding diaryl/α,β-unsaturated/α-hetero) is 1. The number of hydrogen-bond donors (Lipinski definition) is 0. The van der Waals surface area contributed by atoms with Crippen molar-refractivity contribution in [1.29, 1.82) is 5.26 Å². The van der Waals surface area contributed by atoms with Gasteiger partial charge in [0.05, 0.1) is 12.7 Å². The van der Waals surface area contributed by atoms with E-state index in [1.807, 2.05) is 12.1 Å². The summed E-state index contributed by atoms with van der Waals surface area (Å²) in [7, 11) is 1.53. The second kappa shape index (κ2) is 6.87. The predicted molar refractivity (Wildman–Crippen MR) is 78.9 cm³/mol. The van der Waals surface area contributed by atoms with Crippen molar-refractivity contribution in [3.05, 3.63) is 41.6 Å². The molecule has 0 spiro atoms. The first kappa shape index (κ1) is 15.7. The number of ether oxygens (including phenoxy) is 2. The molecule has 0 radical (unpaired) electrons. The van der Waals surface area contributed by atoms with Crippen LogP contribution in [0, 0.1) is 11.3 Å². The number of esters is 1. The molecular weight excluding hydrogens is 284 g/mol. The number of carbonyl (C=O) groups is 2. The van der Waals surface area contributed by atoms with Crippen LogP contribution in [-0.2, 0) is 19.1 Å². The molecule has 0 bridgehead atoms. The van der Waals surface area contributed by atoms with Gasteiger partial charge in [0.1, 0.15) is 12.6 Å². The van der Waals surface area contributed by atoms with Crippen molar-refractivity contribution in [2.75, 3.05) is 25.3 Å². The highest BCUT2D eigenvalue weighted by Crippen LogP contribution is 2.37. The summed E-state index contributed by atoms with van der Waals surface area (Å²) in [6, 6.07) is 9.30. The van der Waals surface area contributed by atoms with Crippen LogP contribution in [0.2, 0.25) is 0 Å². The van der Waals surface area contributed by atoms with Gasteiger partial charge >= 0.3 is 5.97 Å². The van der Waals surface area contributed by atoms with Crippen molar-refractivity contribution in [2.24, 2.45) is 0 Å². The van der Waals surface area contributed by atoms with Gasteiger partial charge in [-0.3, -0.25) is 4.79 Å². The summed E-state index contributed by atoms with van der Waals surface area (Å²) in [6.45, 7) is 1.93. The highest BCUT2D eigenvalue weighted by atomic mass is 16.5. The van der Waals surface area contributed by atoms with E-state index in [4.69, 9.17) is 9.47 Å². The molecule has 22 heavy (non-hydrogen) atoms. The average molecular weight is 300 g/mol. The molecular formula is C16H16N2O4. The molecule has 1 atom stereocenters. The second-order valence-electron chi connectivity index (χ2n) is 4.64. The molecule has 0 amide bonds. The SMILES string of the molecule is CCOC(=O)C(=O)C1=CN(COC)c2ccccc2C1C#N. The number of fused-ring (bicyclic) bond motifs is 1. The molecule has 1 unspecified atom stereocenters. The number of hydrogen-bond acceptors (Lipinski definition) is 6. The third-order valence-corrected chi connectivity index (χ3v) is 3.28. The number of nitriles is 1. The molecule has 2 rings (SSSR count). The summed E-state index contributed by atoms with van der Waals surface area (Å²) >= 11 is 0. The van der Waals surface area contributed by atoms with Gasteiger partial charge in [-0.15, -0.1) is 0 Å². The van der Waals surface area contributed by atoms with E-state index in [0.717, 1.165) is 5.69 Å². The van der Waals surface area contributed by atoms with Crippen molar-refractivity contribution >= 4 is 17.4 Å². The monoisotopic (exact) mass is 300 g/mol. The minimum Gasteiger partial charge on any atom is -0.460 e. The van der Waals surface area contributed by atoms with Crippen LogP contribution < -0.4 is 4.90 Å². The van der Waals surface area contributed by atoms with E-state index >= 15 is 0 Å². The van der Waals surface area contributed by atoms with E-state index in [2.05, 4.69) is 6.07 Å². The molecule has 6 heteroatoms. The zero-order chi connectivity index (χ0) is 16.1. The lowest BCUT2D eigenvalue weighted by atomic mass is 9.86. The number of nitrogens with zero attached hydrogens (tertiary/aromatic N) is 2. The Labute approximate surface area is 128 Å². The van der Waals surface area contributed by atoms with Crippen LogP contribution in [0.1, 0.15) is 18.4 Å². The molecule has 1 aromatic carbocycles. The summed E-state index contributed by atoms with van der Waals surface area (Å²) in [5, 5.41) is 9.44. The minimum atomic E-state index is -0.953. The molecule has 0 N–H and O–H groups in total. The standard InChI is InChI=1S/C16H16N2O4/c1-3-22-16(20)15(19)13-9-18(10-21-2)14-7-5-4-6-11(14)12(13)8-17/h4-7,9,12H,3,10H2,1-2H3. The van der Waals surface area contributed by atoms with Crippen LogP contribution in [0.4, 0.5) is 5.69 Å². The average Bonchev–Trinajstić information content (AvgIpc) is 2.54. The number of carbonyl (C=O) groups excluding carboxylic acids is 2. The van der Waals surface area contributed by atoms with E-state index in [1.165, 1.54) is 13.3 Å². The van der Waals surface area contributed by atoms with Crippen LogP contribution >= 0.6 is 0 Å². The topological polar surface area (TPSA) is 79.6 Å². The van der Waals surface area contributed by atoms with Gasteiger partial charge in [0.2, 0.25) is 0 Å².